The van der Waals surface area contributed by atoms with Crippen LogP contribution in [0.4, 0.5) is 5.82 Å². The van der Waals surface area contributed by atoms with Crippen LogP contribution in [-0.4, -0.2) is 25.2 Å². The highest BCUT2D eigenvalue weighted by atomic mass is 35.5. The lowest BCUT2D eigenvalue weighted by Gasteiger charge is -2.29. The first-order valence-electron chi connectivity index (χ1n) is 5.62. The van der Waals surface area contributed by atoms with Crippen molar-refractivity contribution in [2.75, 3.05) is 19.9 Å². The Labute approximate surface area is 108 Å². The number of anilines is 1. The fourth-order valence-corrected chi connectivity index (χ4v) is 2.17. The molecule has 0 spiro atoms. The number of ether oxygens (including phenoxy) is 1. The molecule has 1 rings (SSSR count). The average molecular weight is 258 g/mol. The van der Waals surface area contributed by atoms with Gasteiger partial charge in [0.05, 0.1) is 17.2 Å². The third kappa shape index (κ3) is 3.31. The van der Waals surface area contributed by atoms with Gasteiger partial charge in [-0.15, -0.1) is 0 Å². The molecule has 0 radical (unpaired) electrons. The fourth-order valence-electron chi connectivity index (χ4n) is 2.00. The van der Waals surface area contributed by atoms with Gasteiger partial charge in [0.25, 0.3) is 0 Å². The summed E-state index contributed by atoms with van der Waals surface area (Å²) in [5, 5.41) is 3.79. The van der Waals surface area contributed by atoms with E-state index in [4.69, 9.17) is 22.1 Å². The summed E-state index contributed by atoms with van der Waals surface area (Å²) in [6, 6.07) is 1.81. The number of methoxy groups -OCH3 is 1. The molecule has 0 aliphatic heterocycles. The summed E-state index contributed by atoms with van der Waals surface area (Å²) in [7, 11) is 3.57. The van der Waals surface area contributed by atoms with Gasteiger partial charge in [-0.2, -0.15) is 0 Å². The molecule has 1 heterocycles. The fraction of sp³-hybridized carbons (Fsp3) is 0.583. The van der Waals surface area contributed by atoms with Gasteiger partial charge >= 0.3 is 0 Å². The van der Waals surface area contributed by atoms with E-state index < -0.39 is 0 Å². The Bertz CT molecular complexity index is 371. The summed E-state index contributed by atoms with van der Waals surface area (Å²) >= 11 is 5.96. The van der Waals surface area contributed by atoms with E-state index in [1.54, 1.807) is 13.3 Å². The zero-order valence-corrected chi connectivity index (χ0v) is 11.5. The number of likely N-dealkylation sites (N-methyl/N-ethyl adjacent to an activating group) is 1. The molecule has 0 amide bonds. The minimum atomic E-state index is -0.0220. The zero-order chi connectivity index (χ0) is 13.0. The predicted molar refractivity (Wildman–Crippen MR) is 71.1 cm³/mol. The summed E-state index contributed by atoms with van der Waals surface area (Å²) in [5.41, 5.74) is 6.77. The second kappa shape index (κ2) is 6.19. The Morgan fingerprint density at radius 2 is 2.12 bits per heavy atom. The number of pyridine rings is 1. The molecule has 4 nitrogen and oxygen atoms in total. The van der Waals surface area contributed by atoms with Crippen molar-refractivity contribution in [2.45, 2.75) is 26.0 Å². The Morgan fingerprint density at radius 3 is 2.59 bits per heavy atom. The molecule has 0 saturated carbocycles. The van der Waals surface area contributed by atoms with Crippen LogP contribution in [0.2, 0.25) is 5.02 Å². The Hall–Kier alpha value is -0.840. The molecule has 0 bridgehead atoms. The molecule has 1 aromatic heterocycles. The van der Waals surface area contributed by atoms with Gasteiger partial charge in [0.1, 0.15) is 5.82 Å². The number of halogens is 1. The Kier molecular flexibility index (Phi) is 5.18. The van der Waals surface area contributed by atoms with Crippen LogP contribution in [0, 0.1) is 5.92 Å². The number of hydrogen-bond donors (Lipinski definition) is 2. The van der Waals surface area contributed by atoms with Crippen molar-refractivity contribution in [3.05, 3.63) is 22.8 Å². The molecule has 3 N–H and O–H groups in total. The number of nitrogens with one attached hydrogen (secondary N) is 1. The maximum atomic E-state index is 5.96. The average Bonchev–Trinajstić information content (AvgIpc) is 2.28. The Morgan fingerprint density at radius 1 is 1.47 bits per heavy atom. The SMILES string of the molecule is CNC(c1cc(Cl)cnc1N)C(OC)C(C)C. The van der Waals surface area contributed by atoms with Crippen LogP contribution < -0.4 is 11.1 Å². The lowest BCUT2D eigenvalue weighted by atomic mass is 9.94. The van der Waals surface area contributed by atoms with Crippen molar-refractivity contribution in [2.24, 2.45) is 5.92 Å². The van der Waals surface area contributed by atoms with E-state index in [0.29, 0.717) is 16.8 Å². The van der Waals surface area contributed by atoms with Crippen molar-refractivity contribution in [1.82, 2.24) is 10.3 Å². The molecule has 0 saturated heterocycles. The molecule has 2 atom stereocenters. The van der Waals surface area contributed by atoms with Crippen molar-refractivity contribution < 1.29 is 4.74 Å². The van der Waals surface area contributed by atoms with Crippen LogP contribution in [0.3, 0.4) is 0 Å². The zero-order valence-electron chi connectivity index (χ0n) is 10.7. The van der Waals surface area contributed by atoms with Crippen LogP contribution in [0.15, 0.2) is 12.3 Å². The van der Waals surface area contributed by atoms with Gasteiger partial charge in [-0.3, -0.25) is 0 Å². The van der Waals surface area contributed by atoms with E-state index in [1.165, 1.54) is 0 Å². The lowest BCUT2D eigenvalue weighted by molar-refractivity contribution is 0.0349. The second-order valence-electron chi connectivity index (χ2n) is 4.34. The summed E-state index contributed by atoms with van der Waals surface area (Å²) in [4.78, 5) is 4.07. The quantitative estimate of drug-likeness (QED) is 0.849. The third-order valence-electron chi connectivity index (χ3n) is 2.82. The van der Waals surface area contributed by atoms with E-state index in [1.807, 2.05) is 13.1 Å². The van der Waals surface area contributed by atoms with Gasteiger partial charge in [0.15, 0.2) is 0 Å². The number of nitrogens with zero attached hydrogens (tertiary/aromatic N) is 1. The van der Waals surface area contributed by atoms with Crippen LogP contribution in [-0.2, 0) is 4.74 Å². The molecular formula is C12H20ClN3O. The van der Waals surface area contributed by atoms with E-state index in [-0.39, 0.29) is 12.1 Å². The van der Waals surface area contributed by atoms with Crippen LogP contribution in [0.1, 0.15) is 25.5 Å². The third-order valence-corrected chi connectivity index (χ3v) is 3.03. The molecule has 96 valence electrons. The summed E-state index contributed by atoms with van der Waals surface area (Å²) < 4.78 is 5.53. The monoisotopic (exact) mass is 257 g/mol. The van der Waals surface area contributed by atoms with Gasteiger partial charge in [-0.1, -0.05) is 25.4 Å². The van der Waals surface area contributed by atoms with Crippen molar-refractivity contribution >= 4 is 17.4 Å². The smallest absolute Gasteiger partial charge is 0.128 e. The maximum Gasteiger partial charge on any atom is 0.128 e. The van der Waals surface area contributed by atoms with Crippen molar-refractivity contribution in [3.8, 4) is 0 Å². The lowest BCUT2D eigenvalue weighted by Crippen LogP contribution is -2.35. The molecular weight excluding hydrogens is 238 g/mol. The van der Waals surface area contributed by atoms with Crippen LogP contribution in [0.25, 0.3) is 0 Å². The normalized spacial score (nSPS) is 14.9. The minimum absolute atomic E-state index is 0.0163. The molecule has 2 unspecified atom stereocenters. The Balaban J connectivity index is 3.11. The highest BCUT2D eigenvalue weighted by Gasteiger charge is 2.26. The second-order valence-corrected chi connectivity index (χ2v) is 4.78. The van der Waals surface area contributed by atoms with E-state index in [0.717, 1.165) is 5.56 Å². The maximum absolute atomic E-state index is 5.96. The highest BCUT2D eigenvalue weighted by molar-refractivity contribution is 6.30. The van der Waals surface area contributed by atoms with E-state index >= 15 is 0 Å². The minimum Gasteiger partial charge on any atom is -0.383 e. The van der Waals surface area contributed by atoms with Crippen LogP contribution in [0.5, 0.6) is 0 Å². The molecule has 0 fully saturated rings. The number of hydrogen-bond acceptors (Lipinski definition) is 4. The van der Waals surface area contributed by atoms with E-state index in [2.05, 4.69) is 24.1 Å². The standard InChI is InChI=1S/C12H20ClN3O/c1-7(2)11(17-4)10(15-3)9-5-8(13)6-16-12(9)14/h5-7,10-11,15H,1-4H3,(H2,14,16). The number of rotatable bonds is 5. The van der Waals surface area contributed by atoms with Gasteiger partial charge in [-0.05, 0) is 19.0 Å². The molecule has 0 aromatic carbocycles. The molecule has 0 aliphatic rings. The number of aromatic nitrogens is 1. The molecule has 1 aromatic rings. The number of nitrogen functional groups attached to an aromatic ring is 1. The van der Waals surface area contributed by atoms with Gasteiger partial charge in [-0.25, -0.2) is 4.98 Å². The first-order chi connectivity index (χ1) is 8.01. The van der Waals surface area contributed by atoms with E-state index in [9.17, 15) is 0 Å². The topological polar surface area (TPSA) is 60.2 Å². The number of nitrogens with two attached hydrogens (primary N) is 1. The predicted octanol–water partition coefficient (Wildman–Crippen LogP) is 2.25. The largest absolute Gasteiger partial charge is 0.383 e. The first kappa shape index (κ1) is 14.2. The summed E-state index contributed by atoms with van der Waals surface area (Å²) in [6.07, 6.45) is 1.56. The molecule has 0 aliphatic carbocycles. The summed E-state index contributed by atoms with van der Waals surface area (Å²) in [6.45, 7) is 4.21. The van der Waals surface area contributed by atoms with Crippen molar-refractivity contribution in [3.63, 3.8) is 0 Å². The molecule has 17 heavy (non-hydrogen) atoms. The van der Waals surface area contributed by atoms with Crippen LogP contribution >= 0.6 is 11.6 Å². The van der Waals surface area contributed by atoms with Gasteiger partial charge in [0.2, 0.25) is 0 Å². The first-order valence-corrected chi connectivity index (χ1v) is 6.00. The van der Waals surface area contributed by atoms with Gasteiger partial charge < -0.3 is 15.8 Å². The van der Waals surface area contributed by atoms with Gasteiger partial charge in [0, 0.05) is 18.9 Å². The highest BCUT2D eigenvalue weighted by Crippen LogP contribution is 2.28. The summed E-state index contributed by atoms with van der Waals surface area (Å²) in [5.74, 6) is 0.840. The molecule has 5 heteroatoms. The van der Waals surface area contributed by atoms with Crippen molar-refractivity contribution in [1.29, 1.82) is 0 Å².